The fourth-order valence-corrected chi connectivity index (χ4v) is 3.98. The van der Waals surface area contributed by atoms with Crippen molar-refractivity contribution in [3.8, 4) is 0 Å². The quantitative estimate of drug-likeness (QED) is 0.773. The molecule has 0 radical (unpaired) electrons. The molecule has 2 rings (SSSR count). The Hall–Kier alpha value is -1.02. The highest BCUT2D eigenvalue weighted by Crippen LogP contribution is 2.36. The summed E-state index contributed by atoms with van der Waals surface area (Å²) in [7, 11) is -1.98. The fourth-order valence-electron chi connectivity index (χ4n) is 2.36. The van der Waals surface area contributed by atoms with Gasteiger partial charge in [0.1, 0.15) is 4.90 Å². The molecule has 1 atom stereocenters. The van der Waals surface area contributed by atoms with E-state index in [1.54, 1.807) is 19.2 Å². The molecule has 0 saturated heterocycles. The summed E-state index contributed by atoms with van der Waals surface area (Å²) >= 11 is 0. The Labute approximate surface area is 126 Å². The van der Waals surface area contributed by atoms with Crippen molar-refractivity contribution < 1.29 is 13.2 Å². The van der Waals surface area contributed by atoms with Gasteiger partial charge < -0.3 is 10.5 Å². The summed E-state index contributed by atoms with van der Waals surface area (Å²) in [6, 6.07) is 3.21. The van der Waals surface area contributed by atoms with Gasteiger partial charge in [-0.3, -0.25) is 4.98 Å². The van der Waals surface area contributed by atoms with Crippen LogP contribution in [0.1, 0.15) is 25.5 Å². The number of methoxy groups -OCH3 is 1. The largest absolute Gasteiger partial charge is 0.383 e. The first-order valence-electron chi connectivity index (χ1n) is 7.16. The first kappa shape index (κ1) is 16.4. The van der Waals surface area contributed by atoms with E-state index in [0.29, 0.717) is 31.3 Å². The van der Waals surface area contributed by atoms with E-state index in [9.17, 15) is 8.42 Å². The van der Waals surface area contributed by atoms with Crippen LogP contribution in [-0.2, 0) is 21.3 Å². The van der Waals surface area contributed by atoms with Gasteiger partial charge in [0, 0.05) is 32.4 Å². The van der Waals surface area contributed by atoms with Crippen LogP contribution in [0.5, 0.6) is 0 Å². The molecule has 1 unspecified atom stereocenters. The van der Waals surface area contributed by atoms with Crippen molar-refractivity contribution in [3.05, 3.63) is 24.0 Å². The zero-order chi connectivity index (χ0) is 15.5. The lowest BCUT2D eigenvalue weighted by atomic mass is 10.2. The van der Waals surface area contributed by atoms with Gasteiger partial charge in [0.25, 0.3) is 0 Å². The van der Waals surface area contributed by atoms with Crippen LogP contribution in [0, 0.1) is 5.92 Å². The predicted molar refractivity (Wildman–Crippen MR) is 80.1 cm³/mol. The summed E-state index contributed by atoms with van der Waals surface area (Å²) in [5, 5.41) is 0. The highest BCUT2D eigenvalue weighted by Gasteiger charge is 2.38. The van der Waals surface area contributed by atoms with Crippen LogP contribution in [0.2, 0.25) is 0 Å². The molecule has 1 aromatic heterocycles. The number of hydrogen-bond acceptors (Lipinski definition) is 5. The molecule has 1 aliphatic carbocycles. The fraction of sp³-hybridized carbons (Fsp3) is 0.643. The topological polar surface area (TPSA) is 85.5 Å². The van der Waals surface area contributed by atoms with E-state index < -0.39 is 10.0 Å². The van der Waals surface area contributed by atoms with E-state index in [4.69, 9.17) is 10.5 Å². The van der Waals surface area contributed by atoms with E-state index in [0.717, 1.165) is 12.8 Å². The standard InChI is InChI=1S/C14H23N3O3S/c1-11(12-3-4-12)17(7-8-20-2)21(18,19)14-6-5-13(9-15)16-10-14/h5-6,10-12H,3-4,7-9,15H2,1-2H3. The number of hydrogen-bond donors (Lipinski definition) is 1. The molecular formula is C14H23N3O3S. The Morgan fingerprint density at radius 1 is 1.48 bits per heavy atom. The second-order valence-corrected chi connectivity index (χ2v) is 7.27. The molecular weight excluding hydrogens is 290 g/mol. The number of nitrogens with two attached hydrogens (primary N) is 1. The summed E-state index contributed by atoms with van der Waals surface area (Å²) in [6.07, 6.45) is 3.56. The lowest BCUT2D eigenvalue weighted by Gasteiger charge is -2.28. The predicted octanol–water partition coefficient (Wildman–Crippen LogP) is 0.976. The number of nitrogens with zero attached hydrogens (tertiary/aromatic N) is 2. The Morgan fingerprint density at radius 2 is 2.19 bits per heavy atom. The molecule has 118 valence electrons. The minimum absolute atomic E-state index is 0.0145. The van der Waals surface area contributed by atoms with E-state index in [1.165, 1.54) is 10.5 Å². The third-order valence-corrected chi connectivity index (χ3v) is 5.86. The summed E-state index contributed by atoms with van der Waals surface area (Å²) in [5.74, 6) is 0.452. The molecule has 0 aromatic carbocycles. The molecule has 7 heteroatoms. The monoisotopic (exact) mass is 313 g/mol. The molecule has 0 amide bonds. The van der Waals surface area contributed by atoms with E-state index in [1.807, 2.05) is 6.92 Å². The second kappa shape index (κ2) is 6.83. The molecule has 21 heavy (non-hydrogen) atoms. The first-order valence-corrected chi connectivity index (χ1v) is 8.60. The summed E-state index contributed by atoms with van der Waals surface area (Å²) in [4.78, 5) is 4.30. The smallest absolute Gasteiger partial charge is 0.244 e. The molecule has 1 saturated carbocycles. The third kappa shape index (κ3) is 3.79. The zero-order valence-corrected chi connectivity index (χ0v) is 13.3. The average Bonchev–Trinajstić information content (AvgIpc) is 3.32. The third-order valence-electron chi connectivity index (χ3n) is 3.89. The Morgan fingerprint density at radius 3 is 2.67 bits per heavy atom. The maximum atomic E-state index is 12.8. The number of aromatic nitrogens is 1. The molecule has 1 heterocycles. The Balaban J connectivity index is 2.26. The number of ether oxygens (including phenoxy) is 1. The van der Waals surface area contributed by atoms with Gasteiger partial charge in [-0.05, 0) is 37.8 Å². The van der Waals surface area contributed by atoms with E-state index >= 15 is 0 Å². The highest BCUT2D eigenvalue weighted by molar-refractivity contribution is 7.89. The van der Waals surface area contributed by atoms with Gasteiger partial charge in [-0.2, -0.15) is 4.31 Å². The van der Waals surface area contributed by atoms with Crippen molar-refractivity contribution in [1.82, 2.24) is 9.29 Å². The van der Waals surface area contributed by atoms with Crippen LogP contribution in [0.15, 0.2) is 23.2 Å². The molecule has 0 aliphatic heterocycles. The summed E-state index contributed by atoms with van der Waals surface area (Å²) < 4.78 is 32.2. The highest BCUT2D eigenvalue weighted by atomic mass is 32.2. The van der Waals surface area contributed by atoms with Crippen LogP contribution in [-0.4, -0.2) is 44.0 Å². The van der Waals surface area contributed by atoms with Crippen molar-refractivity contribution in [2.75, 3.05) is 20.3 Å². The maximum Gasteiger partial charge on any atom is 0.244 e. The molecule has 1 aromatic rings. The number of rotatable bonds is 8. The van der Waals surface area contributed by atoms with Crippen LogP contribution in [0.3, 0.4) is 0 Å². The molecule has 0 bridgehead atoms. The summed E-state index contributed by atoms with van der Waals surface area (Å²) in [6.45, 7) is 3.00. The lowest BCUT2D eigenvalue weighted by molar-refractivity contribution is 0.164. The minimum atomic E-state index is -3.55. The van der Waals surface area contributed by atoms with Crippen LogP contribution < -0.4 is 5.73 Å². The van der Waals surface area contributed by atoms with Gasteiger partial charge in [0.15, 0.2) is 0 Å². The molecule has 6 nitrogen and oxygen atoms in total. The van der Waals surface area contributed by atoms with Gasteiger partial charge in [-0.1, -0.05) is 0 Å². The average molecular weight is 313 g/mol. The van der Waals surface area contributed by atoms with Gasteiger partial charge >= 0.3 is 0 Å². The normalized spacial score (nSPS) is 17.1. The van der Waals surface area contributed by atoms with Crippen LogP contribution in [0.25, 0.3) is 0 Å². The molecule has 0 spiro atoms. The SMILES string of the molecule is COCCN(C(C)C1CC1)S(=O)(=O)c1ccc(CN)nc1. The maximum absolute atomic E-state index is 12.8. The zero-order valence-electron chi connectivity index (χ0n) is 12.5. The molecule has 1 aliphatic rings. The minimum Gasteiger partial charge on any atom is -0.383 e. The molecule has 1 fully saturated rings. The van der Waals surface area contributed by atoms with E-state index in [-0.39, 0.29) is 10.9 Å². The summed E-state index contributed by atoms with van der Waals surface area (Å²) in [5.41, 5.74) is 6.17. The van der Waals surface area contributed by atoms with Gasteiger partial charge in [-0.25, -0.2) is 8.42 Å². The van der Waals surface area contributed by atoms with E-state index in [2.05, 4.69) is 4.98 Å². The van der Waals surface area contributed by atoms with Crippen molar-refractivity contribution in [3.63, 3.8) is 0 Å². The Kier molecular flexibility index (Phi) is 5.32. The number of pyridine rings is 1. The van der Waals surface area contributed by atoms with Crippen molar-refractivity contribution in [1.29, 1.82) is 0 Å². The van der Waals surface area contributed by atoms with Crippen LogP contribution in [0.4, 0.5) is 0 Å². The first-order chi connectivity index (χ1) is 10.0. The number of sulfonamides is 1. The van der Waals surface area contributed by atoms with Gasteiger partial charge in [0.05, 0.1) is 12.3 Å². The van der Waals surface area contributed by atoms with Crippen LogP contribution >= 0.6 is 0 Å². The second-order valence-electron chi connectivity index (χ2n) is 5.38. The van der Waals surface area contributed by atoms with Crippen molar-refractivity contribution in [2.45, 2.75) is 37.2 Å². The molecule has 2 N–H and O–H groups in total. The van der Waals surface area contributed by atoms with Gasteiger partial charge in [0.2, 0.25) is 10.0 Å². The van der Waals surface area contributed by atoms with Crippen molar-refractivity contribution >= 4 is 10.0 Å². The Bertz CT molecular complexity index is 555. The van der Waals surface area contributed by atoms with Gasteiger partial charge in [-0.15, -0.1) is 0 Å². The van der Waals surface area contributed by atoms with Crippen molar-refractivity contribution in [2.24, 2.45) is 11.7 Å². The lowest BCUT2D eigenvalue weighted by Crippen LogP contribution is -2.41.